The van der Waals surface area contributed by atoms with E-state index in [-0.39, 0.29) is 25.5 Å². The van der Waals surface area contributed by atoms with Gasteiger partial charge in [-0.3, -0.25) is 9.69 Å². The second-order valence-corrected chi connectivity index (χ2v) is 11.9. The molecule has 5 rings (SSSR count). The summed E-state index contributed by atoms with van der Waals surface area (Å²) in [6.45, 7) is 5.74. The molecule has 0 aromatic heterocycles. The van der Waals surface area contributed by atoms with Crippen LogP contribution in [0.3, 0.4) is 0 Å². The van der Waals surface area contributed by atoms with Crippen molar-refractivity contribution in [1.29, 1.82) is 0 Å². The highest BCUT2D eigenvalue weighted by Crippen LogP contribution is 2.41. The monoisotopic (exact) mass is 612 g/mol. The molecule has 0 saturated carbocycles. The number of esters is 1. The summed E-state index contributed by atoms with van der Waals surface area (Å²) in [5, 5.41) is 3.52. The van der Waals surface area contributed by atoms with Gasteiger partial charge in [0.1, 0.15) is 18.2 Å². The maximum Gasteiger partial charge on any atom is 0.411 e. The Balaban J connectivity index is 1.30. The van der Waals surface area contributed by atoms with Crippen LogP contribution in [0.1, 0.15) is 53.9 Å². The molecule has 220 valence electrons. The molecular weight excluding hydrogens is 583 g/mol. The Labute approximate surface area is 253 Å². The number of carbonyl (C=O) groups excluding carboxylic acids is 3. The van der Waals surface area contributed by atoms with Gasteiger partial charge in [0.2, 0.25) is 0 Å². The molecule has 0 radical (unpaired) electrons. The molecule has 11 heteroatoms. The molecule has 2 atom stereocenters. The summed E-state index contributed by atoms with van der Waals surface area (Å²) in [7, 11) is 1.30. The van der Waals surface area contributed by atoms with Gasteiger partial charge in [-0.05, 0) is 79.9 Å². The predicted octanol–water partition coefficient (Wildman–Crippen LogP) is 6.59. The number of amides is 2. The van der Waals surface area contributed by atoms with Crippen molar-refractivity contribution < 1.29 is 33.3 Å². The number of anilines is 1. The van der Waals surface area contributed by atoms with Gasteiger partial charge in [0.05, 0.1) is 23.7 Å². The first kappa shape index (κ1) is 29.5. The highest BCUT2D eigenvalue weighted by atomic mass is 35.5. The second-order valence-electron chi connectivity index (χ2n) is 11.0. The molecular formula is C31H30Cl2N2O7. The average molecular weight is 613 g/mol. The number of benzene rings is 3. The number of methoxy groups -OCH3 is 1. The molecule has 0 aliphatic carbocycles. The SMILES string of the molecule is COC(=O)C1Cc2cc3c(cc2CN1C(=O)OC(C)(C)C)O[C@@H](c1ccc(NC(=O)c2ccc(Cl)c(Cl)c2)cc1)CO3. The van der Waals surface area contributed by atoms with Crippen molar-refractivity contribution in [2.24, 2.45) is 0 Å². The molecule has 1 unspecified atom stereocenters. The van der Waals surface area contributed by atoms with Crippen LogP contribution in [0.15, 0.2) is 54.6 Å². The summed E-state index contributed by atoms with van der Waals surface area (Å²) in [5.74, 6) is 0.262. The third kappa shape index (κ3) is 6.42. The van der Waals surface area contributed by atoms with Crippen molar-refractivity contribution in [1.82, 2.24) is 4.90 Å². The third-order valence-electron chi connectivity index (χ3n) is 6.88. The van der Waals surface area contributed by atoms with Crippen LogP contribution >= 0.6 is 23.2 Å². The fraction of sp³-hybridized carbons (Fsp3) is 0.323. The Morgan fingerprint density at radius 2 is 1.67 bits per heavy atom. The fourth-order valence-electron chi connectivity index (χ4n) is 4.80. The van der Waals surface area contributed by atoms with Gasteiger partial charge >= 0.3 is 12.1 Å². The number of nitrogens with zero attached hydrogens (tertiary/aromatic N) is 1. The summed E-state index contributed by atoms with van der Waals surface area (Å²) in [6, 6.07) is 14.8. The van der Waals surface area contributed by atoms with Crippen molar-refractivity contribution in [3.05, 3.63) is 86.9 Å². The number of hydrogen-bond acceptors (Lipinski definition) is 7. The fourth-order valence-corrected chi connectivity index (χ4v) is 5.09. The highest BCUT2D eigenvalue weighted by molar-refractivity contribution is 6.42. The minimum atomic E-state index is -0.816. The van der Waals surface area contributed by atoms with Gasteiger partial charge in [0.25, 0.3) is 5.91 Å². The molecule has 2 amide bonds. The topological polar surface area (TPSA) is 103 Å². The Morgan fingerprint density at radius 3 is 2.33 bits per heavy atom. The zero-order valence-electron chi connectivity index (χ0n) is 23.5. The first-order chi connectivity index (χ1) is 19.9. The van der Waals surface area contributed by atoms with Gasteiger partial charge in [-0.1, -0.05) is 35.3 Å². The molecule has 0 spiro atoms. The summed E-state index contributed by atoms with van der Waals surface area (Å²) in [4.78, 5) is 39.6. The molecule has 1 N–H and O–H groups in total. The van der Waals surface area contributed by atoms with E-state index < -0.39 is 29.8 Å². The van der Waals surface area contributed by atoms with Crippen LogP contribution in [0.5, 0.6) is 11.5 Å². The smallest absolute Gasteiger partial charge is 0.411 e. The van der Waals surface area contributed by atoms with E-state index in [1.165, 1.54) is 18.1 Å². The minimum Gasteiger partial charge on any atom is -0.485 e. The molecule has 2 heterocycles. The average Bonchev–Trinajstić information content (AvgIpc) is 2.95. The van der Waals surface area contributed by atoms with Crippen molar-refractivity contribution in [2.45, 2.75) is 51.5 Å². The Kier molecular flexibility index (Phi) is 8.25. The van der Waals surface area contributed by atoms with Gasteiger partial charge < -0.3 is 24.3 Å². The molecule has 2 aliphatic rings. The first-order valence-corrected chi connectivity index (χ1v) is 14.1. The summed E-state index contributed by atoms with van der Waals surface area (Å²) in [5.41, 5.74) is 2.81. The summed E-state index contributed by atoms with van der Waals surface area (Å²) >= 11 is 12.0. The molecule has 42 heavy (non-hydrogen) atoms. The molecule has 2 aliphatic heterocycles. The predicted molar refractivity (Wildman–Crippen MR) is 157 cm³/mol. The van der Waals surface area contributed by atoms with E-state index in [0.717, 1.165) is 16.7 Å². The molecule has 3 aromatic carbocycles. The van der Waals surface area contributed by atoms with Crippen molar-refractivity contribution in [3.63, 3.8) is 0 Å². The van der Waals surface area contributed by atoms with E-state index in [0.29, 0.717) is 32.8 Å². The van der Waals surface area contributed by atoms with Gasteiger partial charge in [0.15, 0.2) is 17.6 Å². The van der Waals surface area contributed by atoms with Crippen LogP contribution in [-0.2, 0) is 27.2 Å². The van der Waals surface area contributed by atoms with Crippen molar-refractivity contribution >= 4 is 46.9 Å². The maximum absolute atomic E-state index is 13.0. The number of carbonyl (C=O) groups is 3. The zero-order chi connectivity index (χ0) is 30.2. The molecule has 0 saturated heterocycles. The highest BCUT2D eigenvalue weighted by Gasteiger charge is 2.39. The van der Waals surface area contributed by atoms with Crippen LogP contribution < -0.4 is 14.8 Å². The lowest BCUT2D eigenvalue weighted by Gasteiger charge is -2.37. The largest absolute Gasteiger partial charge is 0.485 e. The number of fused-ring (bicyclic) bond motifs is 2. The van der Waals surface area contributed by atoms with E-state index in [1.54, 1.807) is 45.0 Å². The van der Waals surface area contributed by atoms with E-state index >= 15 is 0 Å². The number of hydrogen-bond donors (Lipinski definition) is 1. The van der Waals surface area contributed by atoms with Crippen LogP contribution in [0.25, 0.3) is 0 Å². The van der Waals surface area contributed by atoms with E-state index in [1.807, 2.05) is 24.3 Å². The van der Waals surface area contributed by atoms with Crippen molar-refractivity contribution in [3.8, 4) is 11.5 Å². The minimum absolute atomic E-state index is 0.151. The standard InChI is InChI=1S/C31H30Cl2N2O7/c1-31(2,3)42-30(38)35-15-20-14-26-25(13-19(20)12-24(35)29(37)39-4)40-16-27(41-26)17-5-8-21(9-6-17)34-28(36)18-7-10-22(32)23(33)11-18/h5-11,13-14,24,27H,12,15-16H2,1-4H3,(H,34,36)/t24?,27-/m1/s1. The Hall–Kier alpha value is -3.95. The van der Waals surface area contributed by atoms with Crippen LogP contribution in [0, 0.1) is 0 Å². The van der Waals surface area contributed by atoms with Crippen LogP contribution in [0.2, 0.25) is 10.0 Å². The van der Waals surface area contributed by atoms with Crippen molar-refractivity contribution in [2.75, 3.05) is 19.0 Å². The normalized spacial score (nSPS) is 17.6. The first-order valence-electron chi connectivity index (χ1n) is 13.3. The lowest BCUT2D eigenvalue weighted by molar-refractivity contribution is -0.147. The number of rotatable bonds is 4. The quantitative estimate of drug-likeness (QED) is 0.331. The zero-order valence-corrected chi connectivity index (χ0v) is 25.0. The van der Waals surface area contributed by atoms with Crippen LogP contribution in [0.4, 0.5) is 10.5 Å². The van der Waals surface area contributed by atoms with E-state index in [4.69, 9.17) is 42.1 Å². The van der Waals surface area contributed by atoms with Gasteiger partial charge in [-0.25, -0.2) is 9.59 Å². The van der Waals surface area contributed by atoms with Crippen LogP contribution in [-0.4, -0.2) is 48.2 Å². The maximum atomic E-state index is 13.0. The van der Waals surface area contributed by atoms with Gasteiger partial charge in [-0.15, -0.1) is 0 Å². The summed E-state index contributed by atoms with van der Waals surface area (Å²) in [6.07, 6.45) is -0.733. The third-order valence-corrected chi connectivity index (χ3v) is 7.62. The van der Waals surface area contributed by atoms with Gasteiger partial charge in [0, 0.05) is 17.7 Å². The number of nitrogens with one attached hydrogen (secondary N) is 1. The Bertz CT molecular complexity index is 1540. The number of ether oxygens (including phenoxy) is 4. The second kappa shape index (κ2) is 11.7. The molecule has 3 aromatic rings. The molecule has 9 nitrogen and oxygen atoms in total. The molecule has 0 bridgehead atoms. The van der Waals surface area contributed by atoms with E-state index in [2.05, 4.69) is 5.32 Å². The Morgan fingerprint density at radius 1 is 0.952 bits per heavy atom. The number of halogens is 2. The lowest BCUT2D eigenvalue weighted by atomic mass is 9.93. The van der Waals surface area contributed by atoms with Gasteiger partial charge in [-0.2, -0.15) is 0 Å². The lowest BCUT2D eigenvalue weighted by Crippen LogP contribution is -2.50. The van der Waals surface area contributed by atoms with E-state index in [9.17, 15) is 14.4 Å². The summed E-state index contributed by atoms with van der Waals surface area (Å²) < 4.78 is 22.9. The molecule has 0 fully saturated rings.